The molecule has 1 atom stereocenters. The predicted molar refractivity (Wildman–Crippen MR) is 64.8 cm³/mol. The lowest BCUT2D eigenvalue weighted by molar-refractivity contribution is -0.187. The molecule has 0 spiro atoms. The van der Waals surface area contributed by atoms with Crippen molar-refractivity contribution in [1.82, 2.24) is 0 Å². The zero-order valence-electron chi connectivity index (χ0n) is 11.8. The van der Waals surface area contributed by atoms with E-state index in [-0.39, 0.29) is 0 Å². The Morgan fingerprint density at radius 3 is 1.75 bits per heavy atom. The van der Waals surface area contributed by atoms with Gasteiger partial charge in [0.25, 0.3) is 0 Å². The number of esters is 2. The molecular weight excluding hydrogens is 272 g/mol. The van der Waals surface area contributed by atoms with Gasteiger partial charge in [-0.1, -0.05) is 0 Å². The topological polar surface area (TPSA) is 127 Å². The van der Waals surface area contributed by atoms with Crippen LogP contribution in [0, 0.1) is 0 Å². The maximum Gasteiger partial charge on any atom is 0.349 e. The zero-order valence-corrected chi connectivity index (χ0v) is 11.8. The normalized spacial score (nSPS) is 14.0. The highest BCUT2D eigenvalue weighted by Gasteiger charge is 2.47. The molecule has 0 rings (SSSR count). The molecule has 1 unspecified atom stereocenters. The van der Waals surface area contributed by atoms with Crippen molar-refractivity contribution in [2.75, 3.05) is 0 Å². The van der Waals surface area contributed by atoms with E-state index in [9.17, 15) is 19.2 Å². The number of carbonyl (C=O) groups excluding carboxylic acids is 2. The molecule has 20 heavy (non-hydrogen) atoms. The molecule has 0 amide bonds. The molecular formula is C12H18O8. The Bertz CT molecular complexity index is 402. The minimum atomic E-state index is -2.47. The number of aliphatic carboxylic acids is 2. The largest absolute Gasteiger partial charge is 0.481 e. The first kappa shape index (κ1) is 17.9. The summed E-state index contributed by atoms with van der Waals surface area (Å²) in [5, 5.41) is 17.9. The molecule has 0 bridgehead atoms. The molecule has 0 aromatic rings. The maximum absolute atomic E-state index is 11.7. The van der Waals surface area contributed by atoms with Gasteiger partial charge in [-0.15, -0.1) is 0 Å². The van der Waals surface area contributed by atoms with E-state index < -0.39 is 47.9 Å². The Balaban J connectivity index is 5.28. The Kier molecular flexibility index (Phi) is 5.68. The van der Waals surface area contributed by atoms with E-state index in [2.05, 4.69) is 4.74 Å². The standard InChI is InChI=1S/C12H18O8/c1-7(13)19-12(10(17)18,5-8(14)15)6-9(16)20-11(2,3)4/h5-6H2,1-4H3,(H,14,15)(H,17,18). The van der Waals surface area contributed by atoms with Gasteiger partial charge in [0, 0.05) is 6.92 Å². The lowest BCUT2D eigenvalue weighted by atomic mass is 9.95. The monoisotopic (exact) mass is 290 g/mol. The predicted octanol–water partition coefficient (Wildman–Crippen LogP) is 0.579. The van der Waals surface area contributed by atoms with Crippen LogP contribution in [0.15, 0.2) is 0 Å². The first-order valence-corrected chi connectivity index (χ1v) is 5.74. The van der Waals surface area contributed by atoms with E-state index in [0.29, 0.717) is 0 Å². The minimum Gasteiger partial charge on any atom is -0.481 e. The van der Waals surface area contributed by atoms with Crippen molar-refractivity contribution in [3.63, 3.8) is 0 Å². The second-order valence-corrected chi connectivity index (χ2v) is 5.23. The summed E-state index contributed by atoms with van der Waals surface area (Å²) >= 11 is 0. The van der Waals surface area contributed by atoms with E-state index in [1.165, 1.54) is 0 Å². The maximum atomic E-state index is 11.7. The van der Waals surface area contributed by atoms with Crippen LogP contribution in [-0.4, -0.2) is 45.3 Å². The van der Waals surface area contributed by atoms with Crippen molar-refractivity contribution in [3.05, 3.63) is 0 Å². The van der Waals surface area contributed by atoms with Crippen molar-refractivity contribution in [2.45, 2.75) is 51.7 Å². The first-order valence-electron chi connectivity index (χ1n) is 5.74. The quantitative estimate of drug-likeness (QED) is 0.680. The highest BCUT2D eigenvalue weighted by atomic mass is 16.6. The van der Waals surface area contributed by atoms with Crippen LogP contribution in [0.3, 0.4) is 0 Å². The van der Waals surface area contributed by atoms with Crippen LogP contribution in [0.5, 0.6) is 0 Å². The highest BCUT2D eigenvalue weighted by Crippen LogP contribution is 2.24. The van der Waals surface area contributed by atoms with E-state index in [1.54, 1.807) is 20.8 Å². The summed E-state index contributed by atoms with van der Waals surface area (Å²) in [4.78, 5) is 44.7. The van der Waals surface area contributed by atoms with Gasteiger partial charge in [0.1, 0.15) is 5.60 Å². The minimum absolute atomic E-state index is 0.874. The van der Waals surface area contributed by atoms with Crippen LogP contribution >= 0.6 is 0 Å². The lowest BCUT2D eigenvalue weighted by Crippen LogP contribution is -2.47. The van der Waals surface area contributed by atoms with Crippen LogP contribution < -0.4 is 0 Å². The molecule has 114 valence electrons. The number of hydrogen-bond acceptors (Lipinski definition) is 6. The van der Waals surface area contributed by atoms with Crippen LogP contribution in [0.4, 0.5) is 0 Å². The van der Waals surface area contributed by atoms with Gasteiger partial charge in [-0.05, 0) is 20.8 Å². The second kappa shape index (κ2) is 6.36. The van der Waals surface area contributed by atoms with Gasteiger partial charge in [0.15, 0.2) is 0 Å². The molecule has 0 aromatic carbocycles. The molecule has 8 heteroatoms. The molecule has 0 aliphatic carbocycles. The smallest absolute Gasteiger partial charge is 0.349 e. The summed E-state index contributed by atoms with van der Waals surface area (Å²) < 4.78 is 9.50. The van der Waals surface area contributed by atoms with Crippen molar-refractivity contribution in [1.29, 1.82) is 0 Å². The fourth-order valence-electron chi connectivity index (χ4n) is 1.46. The molecule has 0 heterocycles. The van der Waals surface area contributed by atoms with Crippen LogP contribution in [0.25, 0.3) is 0 Å². The number of ether oxygens (including phenoxy) is 2. The Morgan fingerprint density at radius 1 is 0.950 bits per heavy atom. The summed E-state index contributed by atoms with van der Waals surface area (Å²) in [6, 6.07) is 0. The van der Waals surface area contributed by atoms with Crippen LogP contribution in [0.2, 0.25) is 0 Å². The summed E-state index contributed by atoms with van der Waals surface area (Å²) in [6.45, 7) is 5.62. The summed E-state index contributed by atoms with van der Waals surface area (Å²) in [5.41, 5.74) is -3.35. The molecule has 0 saturated carbocycles. The van der Waals surface area contributed by atoms with Gasteiger partial charge in [-0.2, -0.15) is 0 Å². The third-order valence-electron chi connectivity index (χ3n) is 2.02. The van der Waals surface area contributed by atoms with E-state index >= 15 is 0 Å². The molecule has 0 saturated heterocycles. The van der Waals surface area contributed by atoms with Crippen LogP contribution in [0.1, 0.15) is 40.5 Å². The third-order valence-corrected chi connectivity index (χ3v) is 2.02. The second-order valence-electron chi connectivity index (χ2n) is 5.23. The van der Waals surface area contributed by atoms with Gasteiger partial charge in [0.05, 0.1) is 12.8 Å². The average molecular weight is 290 g/mol. The van der Waals surface area contributed by atoms with Crippen molar-refractivity contribution in [3.8, 4) is 0 Å². The van der Waals surface area contributed by atoms with E-state index in [4.69, 9.17) is 14.9 Å². The zero-order chi connectivity index (χ0) is 16.1. The molecule has 2 N–H and O–H groups in total. The highest BCUT2D eigenvalue weighted by molar-refractivity contribution is 5.90. The number of hydrogen-bond donors (Lipinski definition) is 2. The van der Waals surface area contributed by atoms with Gasteiger partial charge in [-0.3, -0.25) is 14.4 Å². The lowest BCUT2D eigenvalue weighted by Gasteiger charge is -2.28. The van der Waals surface area contributed by atoms with Gasteiger partial charge in [0.2, 0.25) is 5.60 Å². The van der Waals surface area contributed by atoms with Gasteiger partial charge >= 0.3 is 23.9 Å². The Labute approximate surface area is 115 Å². The summed E-state index contributed by atoms with van der Waals surface area (Å²) in [7, 11) is 0. The summed E-state index contributed by atoms with van der Waals surface area (Å²) in [5.74, 6) is -5.21. The van der Waals surface area contributed by atoms with E-state index in [1.807, 2.05) is 0 Å². The van der Waals surface area contributed by atoms with Gasteiger partial charge in [-0.25, -0.2) is 4.79 Å². The third kappa shape index (κ3) is 6.17. The molecule has 0 fully saturated rings. The summed E-state index contributed by atoms with van der Waals surface area (Å²) in [6.07, 6.45) is -1.92. The number of carboxylic acids is 2. The van der Waals surface area contributed by atoms with Crippen LogP contribution in [-0.2, 0) is 28.7 Å². The fourth-order valence-corrected chi connectivity index (χ4v) is 1.46. The Morgan fingerprint density at radius 2 is 1.45 bits per heavy atom. The fraction of sp³-hybridized carbons (Fsp3) is 0.667. The first-order chi connectivity index (χ1) is 8.88. The SMILES string of the molecule is CC(=O)OC(CC(=O)O)(CC(=O)OC(C)(C)C)C(=O)O. The number of rotatable bonds is 6. The molecule has 0 aliphatic rings. The molecule has 0 aliphatic heterocycles. The Hall–Kier alpha value is -2.12. The van der Waals surface area contributed by atoms with E-state index in [0.717, 1.165) is 6.92 Å². The number of carbonyl (C=O) groups is 4. The molecule has 0 radical (unpaired) electrons. The molecule has 0 aromatic heterocycles. The van der Waals surface area contributed by atoms with Crippen molar-refractivity contribution in [2.24, 2.45) is 0 Å². The van der Waals surface area contributed by atoms with Gasteiger partial charge < -0.3 is 19.7 Å². The number of carboxylic acid groups (broad SMARTS) is 2. The van der Waals surface area contributed by atoms with Crippen molar-refractivity contribution < 1.29 is 38.9 Å². The average Bonchev–Trinajstić information content (AvgIpc) is 2.10. The molecule has 8 nitrogen and oxygen atoms in total. The van der Waals surface area contributed by atoms with Crippen molar-refractivity contribution >= 4 is 23.9 Å².